The van der Waals surface area contributed by atoms with Gasteiger partial charge >= 0.3 is 6.09 Å². The first-order valence-electron chi connectivity index (χ1n) is 19.7. The molecule has 0 aromatic heterocycles. The smallest absolute Gasteiger partial charge is 0.408 e. The van der Waals surface area contributed by atoms with E-state index in [1.54, 1.807) is 44.7 Å². The molecule has 7 atom stereocenters. The average molecular weight is 774 g/mol. The first-order chi connectivity index (χ1) is 25.9. The number of amides is 5. The number of hydrogen-bond donors (Lipinski definition) is 3. The van der Waals surface area contributed by atoms with E-state index in [-0.39, 0.29) is 55.2 Å². The normalized spacial score (nSPS) is 19.9. The summed E-state index contributed by atoms with van der Waals surface area (Å²) < 4.78 is 22.6. The van der Waals surface area contributed by atoms with E-state index in [4.69, 9.17) is 18.9 Å². The Morgan fingerprint density at radius 1 is 1.02 bits per heavy atom. The van der Waals surface area contributed by atoms with E-state index in [1.807, 2.05) is 65.0 Å². The van der Waals surface area contributed by atoms with Crippen molar-refractivity contribution in [3.63, 3.8) is 0 Å². The maximum absolute atomic E-state index is 14.3. The van der Waals surface area contributed by atoms with Crippen LogP contribution < -0.4 is 16.0 Å². The molecule has 2 aliphatic heterocycles. The summed E-state index contributed by atoms with van der Waals surface area (Å²) in [4.78, 5) is 71.5. The van der Waals surface area contributed by atoms with Crippen molar-refractivity contribution in [3.05, 3.63) is 35.9 Å². The second-order valence-electron chi connectivity index (χ2n) is 16.5. The highest BCUT2D eigenvalue weighted by molar-refractivity contribution is 5.95. The Morgan fingerprint density at radius 2 is 1.67 bits per heavy atom. The molecule has 0 spiro atoms. The number of methoxy groups -OCH3 is 2. The highest BCUT2D eigenvalue weighted by atomic mass is 16.6. The van der Waals surface area contributed by atoms with Gasteiger partial charge in [-0.2, -0.15) is 0 Å². The van der Waals surface area contributed by atoms with Crippen LogP contribution in [0, 0.1) is 17.8 Å². The van der Waals surface area contributed by atoms with E-state index in [2.05, 4.69) is 16.0 Å². The molecule has 0 aliphatic carbocycles. The van der Waals surface area contributed by atoms with Gasteiger partial charge in [-0.25, -0.2) is 4.79 Å². The quantitative estimate of drug-likeness (QED) is 0.190. The van der Waals surface area contributed by atoms with Crippen LogP contribution in [0.25, 0.3) is 0 Å². The molecule has 14 nitrogen and oxygen atoms in total. The number of likely N-dealkylation sites (N-methyl/N-ethyl adjacent to an activating group) is 1. The maximum Gasteiger partial charge on any atom is 0.408 e. The number of likely N-dealkylation sites (tertiary alicyclic amines) is 1. The van der Waals surface area contributed by atoms with Crippen LogP contribution in [-0.4, -0.2) is 129 Å². The van der Waals surface area contributed by atoms with Gasteiger partial charge in [-0.1, -0.05) is 71.4 Å². The fourth-order valence-electron chi connectivity index (χ4n) is 7.52. The van der Waals surface area contributed by atoms with Crippen molar-refractivity contribution in [2.45, 2.75) is 129 Å². The number of alkyl carbamates (subject to hydrolysis) is 1. The predicted molar refractivity (Wildman–Crippen MR) is 209 cm³/mol. The van der Waals surface area contributed by atoms with Crippen molar-refractivity contribution in [2.24, 2.45) is 17.8 Å². The molecule has 0 radical (unpaired) electrons. The van der Waals surface area contributed by atoms with Crippen molar-refractivity contribution in [1.29, 1.82) is 0 Å². The SMILES string of the molecule is CC[C@H](C)[C@@H]([C@@H](CC(=O)N1CCC[C@H]1[C@H](OC)[C@@H](C)C(=O)NCCc1ccccc1)OC)N(C)C(=O)[C@@H](NC(=O)C1(NC(=O)OC(C)(C)C)COC1)C(C)C. The van der Waals surface area contributed by atoms with E-state index < -0.39 is 53.3 Å². The topological polar surface area (TPSA) is 165 Å². The predicted octanol–water partition coefficient (Wildman–Crippen LogP) is 3.70. The lowest BCUT2D eigenvalue weighted by atomic mass is 9.89. The molecule has 3 N–H and O–H groups in total. The molecular formula is C41H67N5O9. The van der Waals surface area contributed by atoms with Gasteiger partial charge in [0.1, 0.15) is 11.6 Å². The minimum atomic E-state index is -1.38. The summed E-state index contributed by atoms with van der Waals surface area (Å²) >= 11 is 0. The summed E-state index contributed by atoms with van der Waals surface area (Å²) in [7, 11) is 4.79. The van der Waals surface area contributed by atoms with E-state index in [0.29, 0.717) is 32.4 Å². The van der Waals surface area contributed by atoms with Crippen molar-refractivity contribution in [2.75, 3.05) is 47.6 Å². The summed E-state index contributed by atoms with van der Waals surface area (Å²) in [5.41, 5.74) is -1.01. The van der Waals surface area contributed by atoms with Crippen LogP contribution in [0.1, 0.15) is 86.6 Å². The minimum absolute atomic E-state index is 0.00662. The van der Waals surface area contributed by atoms with Crippen LogP contribution in [0.3, 0.4) is 0 Å². The van der Waals surface area contributed by atoms with E-state index in [0.717, 1.165) is 12.0 Å². The molecule has 0 saturated carbocycles. The highest BCUT2D eigenvalue weighted by Crippen LogP contribution is 2.30. The molecular weight excluding hydrogens is 706 g/mol. The first-order valence-corrected chi connectivity index (χ1v) is 19.7. The molecule has 3 rings (SSSR count). The lowest BCUT2D eigenvalue weighted by Crippen LogP contribution is -2.72. The summed E-state index contributed by atoms with van der Waals surface area (Å²) in [6, 6.07) is 8.19. The molecule has 2 saturated heterocycles. The molecule has 0 unspecified atom stereocenters. The largest absolute Gasteiger partial charge is 0.444 e. The van der Waals surface area contributed by atoms with Gasteiger partial charge in [0.05, 0.1) is 49.8 Å². The molecule has 5 amide bonds. The third-order valence-electron chi connectivity index (χ3n) is 10.9. The molecule has 2 aliphatic rings. The van der Waals surface area contributed by atoms with E-state index in [1.165, 1.54) is 7.11 Å². The Bertz CT molecular complexity index is 1430. The number of nitrogens with zero attached hydrogens (tertiary/aromatic N) is 2. The number of ether oxygens (including phenoxy) is 4. The van der Waals surface area contributed by atoms with Crippen LogP contribution in [0.15, 0.2) is 30.3 Å². The zero-order valence-electron chi connectivity index (χ0n) is 34.9. The Labute approximate surface area is 328 Å². The molecule has 2 fully saturated rings. The Hall–Kier alpha value is -3.75. The van der Waals surface area contributed by atoms with Crippen LogP contribution in [0.5, 0.6) is 0 Å². The van der Waals surface area contributed by atoms with Crippen LogP contribution in [-0.2, 0) is 44.5 Å². The van der Waals surface area contributed by atoms with Crippen LogP contribution >= 0.6 is 0 Å². The summed E-state index contributed by atoms with van der Waals surface area (Å²) in [6.45, 7) is 15.6. The third-order valence-corrected chi connectivity index (χ3v) is 10.9. The van der Waals surface area contributed by atoms with Gasteiger partial charge in [0.2, 0.25) is 17.7 Å². The Balaban J connectivity index is 1.73. The maximum atomic E-state index is 14.3. The Morgan fingerprint density at radius 3 is 2.20 bits per heavy atom. The molecule has 1 aromatic rings. The van der Waals surface area contributed by atoms with E-state index in [9.17, 15) is 24.0 Å². The second kappa shape index (κ2) is 20.4. The first kappa shape index (κ1) is 45.6. The minimum Gasteiger partial charge on any atom is -0.444 e. The molecule has 2 heterocycles. The van der Waals surface area contributed by atoms with Gasteiger partial charge in [0.25, 0.3) is 5.91 Å². The van der Waals surface area contributed by atoms with Gasteiger partial charge in [0.15, 0.2) is 5.54 Å². The monoisotopic (exact) mass is 773 g/mol. The van der Waals surface area contributed by atoms with Crippen molar-refractivity contribution >= 4 is 29.7 Å². The average Bonchev–Trinajstić information content (AvgIpc) is 3.60. The van der Waals surface area contributed by atoms with Gasteiger partial charge in [-0.15, -0.1) is 0 Å². The second-order valence-corrected chi connectivity index (χ2v) is 16.5. The number of benzene rings is 1. The van der Waals surface area contributed by atoms with Gasteiger partial charge < -0.3 is 44.7 Å². The number of carbonyl (C=O) groups excluding carboxylic acids is 5. The van der Waals surface area contributed by atoms with Crippen LogP contribution in [0.4, 0.5) is 4.79 Å². The lowest BCUT2D eigenvalue weighted by molar-refractivity contribution is -0.153. The molecule has 0 bridgehead atoms. The summed E-state index contributed by atoms with van der Waals surface area (Å²) in [6.07, 6.45) is 0.953. The fourth-order valence-corrected chi connectivity index (χ4v) is 7.52. The number of rotatable bonds is 19. The van der Waals surface area contributed by atoms with Gasteiger partial charge in [-0.05, 0) is 57.4 Å². The van der Waals surface area contributed by atoms with Crippen LogP contribution in [0.2, 0.25) is 0 Å². The molecule has 310 valence electrons. The third kappa shape index (κ3) is 12.1. The van der Waals surface area contributed by atoms with Crippen molar-refractivity contribution in [3.8, 4) is 0 Å². The Kier molecular flexibility index (Phi) is 16.9. The lowest BCUT2D eigenvalue weighted by Gasteiger charge is -2.43. The number of nitrogens with one attached hydrogen (secondary N) is 3. The standard InChI is InChI=1S/C41H67N5O9/c1-12-27(4)34(45(9)37(49)33(26(2)3)43-38(50)41(24-54-25-41)44-39(51)55-40(6,7)8)31(52-10)23-32(47)46-22-16-19-30(46)35(53-11)28(5)36(48)42-21-20-29-17-14-13-15-18-29/h13-15,17-18,26-28,30-31,33-35H,12,16,19-25H2,1-11H3,(H,42,48)(H,43,50)(H,44,51)/t27-,28+,30-,31+,33-,34-,35+/m0/s1. The number of carbonyl (C=O) groups is 5. The fraction of sp³-hybridized carbons (Fsp3) is 0.732. The summed E-state index contributed by atoms with van der Waals surface area (Å²) in [5, 5.41) is 8.57. The van der Waals surface area contributed by atoms with Gasteiger partial charge in [-0.3, -0.25) is 19.2 Å². The van der Waals surface area contributed by atoms with Crippen molar-refractivity contribution < 1.29 is 42.9 Å². The molecule has 55 heavy (non-hydrogen) atoms. The zero-order valence-corrected chi connectivity index (χ0v) is 34.9. The molecule has 1 aromatic carbocycles. The zero-order chi connectivity index (χ0) is 41.1. The highest BCUT2D eigenvalue weighted by Gasteiger charge is 2.50. The van der Waals surface area contributed by atoms with Gasteiger partial charge in [0, 0.05) is 34.4 Å². The number of hydrogen-bond acceptors (Lipinski definition) is 9. The van der Waals surface area contributed by atoms with E-state index >= 15 is 0 Å². The summed E-state index contributed by atoms with van der Waals surface area (Å²) in [5.74, 6) is -2.05. The van der Waals surface area contributed by atoms with Crippen molar-refractivity contribution in [1.82, 2.24) is 25.8 Å². The molecule has 14 heteroatoms.